The number of carboxylic acid groups (broad SMARTS) is 6. The standard InChI is InChI=1S/C83H108N22O24.2Gd/c1-77(2)78(3,4)126-67-65(124-77)52-37-53-66-68(128-81(9,120-11)79(5,6)125-66)74-85-71-63-54(122-35-33-100-39-49(88-90-100)13-14-51(106)41-92-17-21-94(43-57(108)109)25-29-98(47-61(116)117)30-26-95(22-18-92)44-58(110)111)15-16-55(64(63)72-86-76-70-69(127-80(7,8)82(10,121-12)129-70)75-87-73(67)102(52)83(103(53)74,104(71)72)105(75)76)123-36-34-101-40-50(89-91-101)38-84-56(107)42-93-19-23-96(45-59(112)113)27-31-99(48-62(118)119)32-28-97(24-20-93)46-60(114)115;;/h15-16,37,39-40H,13-14,17-36,38,41-48H2,1-12H3,(H5-2,84,107,108,109,110,111,112,113,114,115,116,117,118,119);;/p+2/t81-,82-,83-;;/m1../s1. The molecule has 1 spiro atoms. The summed E-state index contributed by atoms with van der Waals surface area (Å²) < 4.78 is 81.1. The van der Waals surface area contributed by atoms with Crippen molar-refractivity contribution in [2.75, 3.05) is 185 Å². The second-order valence-electron chi connectivity index (χ2n) is 35.9. The van der Waals surface area contributed by atoms with Crippen LogP contribution < -0.4 is 44.6 Å². The predicted molar refractivity (Wildman–Crippen MR) is 449 cm³/mol. The Morgan fingerprint density at radius 2 is 0.863 bits per heavy atom. The molecule has 2 fully saturated rings. The number of Topliss-reactive ketones (excluding diaryl/α,β-unsaturated/α-hetero) is 1. The molecule has 2 saturated heterocycles. The Labute approximate surface area is 815 Å². The summed E-state index contributed by atoms with van der Waals surface area (Å²) in [6.45, 7) is 20.7. The van der Waals surface area contributed by atoms with E-state index in [1.807, 2.05) is 89.6 Å². The summed E-state index contributed by atoms with van der Waals surface area (Å²) in [7, 11) is 3.08. The molecule has 710 valence electrons. The van der Waals surface area contributed by atoms with Gasteiger partial charge in [0.1, 0.15) is 69.6 Å². The summed E-state index contributed by atoms with van der Waals surface area (Å²) in [6, 6.07) is 3.54. The minimum absolute atomic E-state index is 0. The minimum Gasteiger partial charge on any atom is -0.491 e. The van der Waals surface area contributed by atoms with Crippen LogP contribution in [0.2, 0.25) is 0 Å². The molecular weight excluding hydrogens is 2000 g/mol. The van der Waals surface area contributed by atoms with Crippen molar-refractivity contribution in [3.63, 3.8) is 0 Å². The van der Waals surface area contributed by atoms with Gasteiger partial charge in [-0.1, -0.05) is 25.4 Å². The molecule has 3 atom stereocenters. The Bertz CT molecular complexity index is 5630. The van der Waals surface area contributed by atoms with Crippen molar-refractivity contribution in [2.45, 2.75) is 142 Å². The number of nitrogens with zero attached hydrogens (tertiary/aromatic N) is 21. The second-order valence-corrected chi connectivity index (χ2v) is 35.9. The molecule has 0 radical (unpaired) electrons. The number of rotatable bonds is 31. The van der Waals surface area contributed by atoms with E-state index in [0.717, 1.165) is 0 Å². The first-order chi connectivity index (χ1) is 61.2. The molecule has 0 saturated carbocycles. The van der Waals surface area contributed by atoms with Crippen molar-refractivity contribution in [3.8, 4) is 34.5 Å². The fourth-order valence-corrected chi connectivity index (χ4v) is 17.7. The number of methoxy groups -OCH3 is 2. The third kappa shape index (κ3) is 19.1. The molecule has 46 nitrogen and oxygen atoms in total. The quantitative estimate of drug-likeness (QED) is 0.0234. The smallest absolute Gasteiger partial charge is 0.400 e. The van der Waals surface area contributed by atoms with Gasteiger partial charge in [0.25, 0.3) is 23.0 Å². The van der Waals surface area contributed by atoms with E-state index in [1.165, 1.54) is 7.11 Å². The number of carbonyl (C=O) groups is 8. The summed E-state index contributed by atoms with van der Waals surface area (Å²) in [6.07, 6.45) is 5.62. The van der Waals surface area contributed by atoms with Crippen LogP contribution in [0.1, 0.15) is 104 Å². The third-order valence-electron chi connectivity index (χ3n) is 26.0. The van der Waals surface area contributed by atoms with Crippen LogP contribution in [0.4, 0.5) is 5.82 Å². The summed E-state index contributed by atoms with van der Waals surface area (Å²) in [5, 5.41) is 79.7. The number of carbonyl (C=O) groups excluding carboxylic acids is 2. The molecule has 1 amide bonds. The monoisotopic (exact) mass is 2110 g/mol. The van der Waals surface area contributed by atoms with Crippen LogP contribution in [0.5, 0.6) is 34.5 Å². The number of aliphatic imine (C=N–C) groups is 2. The van der Waals surface area contributed by atoms with Gasteiger partial charge in [-0.25, -0.2) is 18.5 Å². The van der Waals surface area contributed by atoms with Crippen molar-refractivity contribution in [1.29, 1.82) is 0 Å². The van der Waals surface area contributed by atoms with Gasteiger partial charge in [-0.3, -0.25) is 77.6 Å². The molecular formula is C83H110Gd2N22O24+2. The van der Waals surface area contributed by atoms with E-state index in [2.05, 4.69) is 25.9 Å². The molecule has 0 unspecified atom stereocenters. The van der Waals surface area contributed by atoms with Gasteiger partial charge in [-0.05, 0) is 73.6 Å². The Kier molecular flexibility index (Phi) is 28.6. The fraction of sp³-hybridized carbons (Fsp3) is 0.602. The first-order valence-corrected chi connectivity index (χ1v) is 43.0. The van der Waals surface area contributed by atoms with Crippen LogP contribution in [0.15, 0.2) is 51.0 Å². The zero-order valence-electron chi connectivity index (χ0n) is 74.9. The van der Waals surface area contributed by atoms with Gasteiger partial charge >= 0.3 is 53.4 Å². The zero-order valence-corrected chi connectivity index (χ0v) is 79.5. The molecule has 0 bridgehead atoms. The van der Waals surface area contributed by atoms with E-state index in [0.29, 0.717) is 67.8 Å². The molecule has 0 aliphatic carbocycles. The van der Waals surface area contributed by atoms with E-state index >= 15 is 0 Å². The summed E-state index contributed by atoms with van der Waals surface area (Å²) in [5.74, 6) is -7.99. The summed E-state index contributed by atoms with van der Waals surface area (Å²) in [5.41, 5.74) is -1.69. The van der Waals surface area contributed by atoms with Crippen LogP contribution >= 0.6 is 0 Å². The van der Waals surface area contributed by atoms with E-state index in [-0.39, 0.29) is 335 Å². The number of amides is 1. The first-order valence-electron chi connectivity index (χ1n) is 43.0. The van der Waals surface area contributed by atoms with Crippen molar-refractivity contribution in [2.24, 2.45) is 15.0 Å². The van der Waals surface area contributed by atoms with Gasteiger partial charge in [0, 0.05) is 232 Å². The van der Waals surface area contributed by atoms with Gasteiger partial charge in [0.15, 0.2) is 22.7 Å². The number of fused-ring (bicyclic) bond motifs is 11. The Morgan fingerprint density at radius 3 is 1.34 bits per heavy atom. The maximum Gasteiger partial charge on any atom is 0.400 e. The molecule has 15 heterocycles. The number of aliphatic carboxylic acids is 6. The number of benzene rings is 1. The Hall–Kier alpha value is -9.24. The number of amidine groups is 4. The van der Waals surface area contributed by atoms with Crippen LogP contribution in [0.3, 0.4) is 0 Å². The predicted octanol–water partition coefficient (Wildman–Crippen LogP) is -2.07. The minimum atomic E-state index is -1.81. The van der Waals surface area contributed by atoms with Crippen LogP contribution in [-0.2, 0) is 89.3 Å². The maximum atomic E-state index is 14.0. The Morgan fingerprint density at radius 1 is 0.443 bits per heavy atom. The SMILES string of the molecule is CO[C@]1(C)OC2=C(OC1(C)C)C1=[N+]3C2=NC2=[N+]4C(=Nc5c6c(c7n5[C@@]34n3c(c4c(c3=N1)OC(C)(C)C(C)(C)O4)=C7)OC(C)(C)[C@](C)(OC)O6)c1c(OCCn3cc(CCC(=O)CN4CCN(CC(=O)O)CCN(CC(=O)O)CCN(CC(=O)O)CC4)nn3)ccc(OCCn3cc(CNC(=O)CN4CCN(CC(=O)O)CCN(CC(=O)O)CCN(CC(=O)O)CC4)nn3)c12.[Gd].[Gd]. The molecule has 1 aromatic carbocycles. The molecule has 48 heteroatoms. The van der Waals surface area contributed by atoms with Crippen LogP contribution in [-0.4, -0.2) is 407 Å². The van der Waals surface area contributed by atoms with E-state index < -0.39 is 81.6 Å². The fourth-order valence-electron chi connectivity index (χ4n) is 17.7. The number of nitrogens with one attached hydrogen (secondary N) is 1. The molecule has 16 rings (SSSR count). The number of hydrogen-bond acceptors (Lipinski definition) is 33. The van der Waals surface area contributed by atoms with E-state index in [1.54, 1.807) is 84.2 Å². The average molecular weight is 2110 g/mol. The molecule has 5 aromatic rings. The average Bonchev–Trinajstić information content (AvgIpc) is 1.46. The molecule has 4 aromatic heterocycles. The number of ether oxygens (including phenoxy) is 10. The van der Waals surface area contributed by atoms with Crippen LogP contribution in [0, 0.1) is 79.9 Å². The van der Waals surface area contributed by atoms with Crippen LogP contribution in [0.25, 0.3) is 6.08 Å². The van der Waals surface area contributed by atoms with E-state index in [9.17, 15) is 69.0 Å². The molecule has 131 heavy (non-hydrogen) atoms. The van der Waals surface area contributed by atoms with Gasteiger partial charge in [0.05, 0.1) is 83.9 Å². The Balaban J connectivity index is 0.00000691. The second kappa shape index (κ2) is 38.3. The number of aryl methyl sites for hydroxylation is 1. The van der Waals surface area contributed by atoms with Crippen molar-refractivity contribution in [1.82, 2.24) is 83.6 Å². The molecule has 11 aliphatic rings. The van der Waals surface area contributed by atoms with E-state index in [4.69, 9.17) is 62.3 Å². The zero-order chi connectivity index (χ0) is 91.9. The van der Waals surface area contributed by atoms with Crippen molar-refractivity contribution < 1.29 is 205 Å². The normalized spacial score (nSPS) is 23.3. The van der Waals surface area contributed by atoms with Gasteiger partial charge < -0.3 is 83.3 Å². The number of aromatic nitrogens is 8. The number of carboxylic acids is 6. The maximum absolute atomic E-state index is 14.0. The van der Waals surface area contributed by atoms with Gasteiger partial charge in [-0.15, -0.1) is 19.3 Å². The summed E-state index contributed by atoms with van der Waals surface area (Å²) >= 11 is 0. The first kappa shape index (κ1) is 97.8. The summed E-state index contributed by atoms with van der Waals surface area (Å²) in [4.78, 5) is 130. The van der Waals surface area contributed by atoms with Crippen molar-refractivity contribution in [3.05, 3.63) is 75.1 Å². The third-order valence-corrected chi connectivity index (χ3v) is 26.0. The number of ketones is 1. The van der Waals surface area contributed by atoms with Gasteiger partial charge in [-0.2, -0.15) is 0 Å². The molecule has 7 N–H and O–H groups in total. The topological polar surface area (TPSA) is 503 Å². The number of hydrogen-bond donors (Lipinski definition) is 7. The van der Waals surface area contributed by atoms with Crippen molar-refractivity contribution >= 4 is 82.7 Å². The largest absolute Gasteiger partial charge is 0.491 e. The molecule has 11 aliphatic heterocycles. The van der Waals surface area contributed by atoms with Gasteiger partial charge in [0.2, 0.25) is 40.5 Å².